The van der Waals surface area contributed by atoms with E-state index in [1.54, 1.807) is 20.4 Å². The van der Waals surface area contributed by atoms with E-state index in [1.807, 2.05) is 13.0 Å². The first-order chi connectivity index (χ1) is 8.67. The van der Waals surface area contributed by atoms with Crippen molar-refractivity contribution in [1.29, 1.82) is 0 Å². The summed E-state index contributed by atoms with van der Waals surface area (Å²) in [6, 6.07) is 2.03. The number of rotatable bonds is 8. The first-order valence-corrected chi connectivity index (χ1v) is 6.07. The third-order valence-electron chi connectivity index (χ3n) is 2.38. The average molecular weight is 254 g/mol. The molecule has 0 saturated carbocycles. The van der Waals surface area contributed by atoms with Crippen LogP contribution in [0.1, 0.15) is 18.9 Å². The minimum Gasteiger partial charge on any atom is -0.488 e. The molecule has 0 saturated heterocycles. The molecule has 0 amide bonds. The second kappa shape index (κ2) is 7.89. The van der Waals surface area contributed by atoms with E-state index >= 15 is 0 Å². The Labute approximate surface area is 108 Å². The fourth-order valence-corrected chi connectivity index (χ4v) is 1.60. The molecule has 18 heavy (non-hydrogen) atoms. The van der Waals surface area contributed by atoms with Crippen molar-refractivity contribution in [3.63, 3.8) is 0 Å². The molecule has 0 radical (unpaired) electrons. The van der Waals surface area contributed by atoms with Crippen molar-refractivity contribution in [2.75, 3.05) is 27.4 Å². The Kier molecular flexibility index (Phi) is 6.46. The Morgan fingerprint density at radius 1 is 1.33 bits per heavy atom. The number of hydrogen-bond acceptors (Lipinski definition) is 5. The van der Waals surface area contributed by atoms with Gasteiger partial charge in [0.25, 0.3) is 5.88 Å². The second-order valence-corrected chi connectivity index (χ2v) is 4.23. The highest BCUT2D eigenvalue weighted by Gasteiger charge is 2.08. The van der Waals surface area contributed by atoms with E-state index in [2.05, 4.69) is 4.98 Å². The zero-order valence-corrected chi connectivity index (χ0v) is 11.3. The standard InChI is InChI=1S/C13H22N2O3/c1-10(14)7-11-8-12(13(17-3)15-9-11)18-6-4-5-16-2/h8-10H,4-7,14H2,1-3H3/t10-/m1/s1. The van der Waals surface area contributed by atoms with Gasteiger partial charge in [-0.2, -0.15) is 0 Å². The lowest BCUT2D eigenvalue weighted by Gasteiger charge is -2.12. The fraction of sp³-hybridized carbons (Fsp3) is 0.615. The molecule has 0 aliphatic carbocycles. The maximum absolute atomic E-state index is 5.77. The molecule has 0 bridgehead atoms. The van der Waals surface area contributed by atoms with Crippen LogP contribution in [0.25, 0.3) is 0 Å². The Morgan fingerprint density at radius 3 is 2.72 bits per heavy atom. The SMILES string of the molecule is COCCCOc1cc(C[C@@H](C)N)cnc1OC. The molecule has 5 heteroatoms. The second-order valence-electron chi connectivity index (χ2n) is 4.23. The molecule has 102 valence electrons. The highest BCUT2D eigenvalue weighted by atomic mass is 16.5. The normalized spacial score (nSPS) is 12.2. The van der Waals surface area contributed by atoms with E-state index < -0.39 is 0 Å². The van der Waals surface area contributed by atoms with Crippen molar-refractivity contribution in [3.05, 3.63) is 17.8 Å². The Balaban J connectivity index is 2.66. The lowest BCUT2D eigenvalue weighted by molar-refractivity contribution is 0.170. The molecule has 0 unspecified atom stereocenters. The first-order valence-electron chi connectivity index (χ1n) is 6.07. The molecule has 0 aromatic carbocycles. The maximum atomic E-state index is 5.77. The number of methoxy groups -OCH3 is 2. The minimum absolute atomic E-state index is 0.0986. The van der Waals surface area contributed by atoms with Crippen molar-refractivity contribution in [2.24, 2.45) is 5.73 Å². The zero-order chi connectivity index (χ0) is 13.4. The molecular weight excluding hydrogens is 232 g/mol. The van der Waals surface area contributed by atoms with Gasteiger partial charge in [0.05, 0.1) is 13.7 Å². The van der Waals surface area contributed by atoms with Gasteiger partial charge in [-0.1, -0.05) is 0 Å². The van der Waals surface area contributed by atoms with Crippen molar-refractivity contribution in [2.45, 2.75) is 25.8 Å². The number of aromatic nitrogens is 1. The third-order valence-corrected chi connectivity index (χ3v) is 2.38. The van der Waals surface area contributed by atoms with Crippen LogP contribution in [-0.4, -0.2) is 38.5 Å². The maximum Gasteiger partial charge on any atom is 0.256 e. The summed E-state index contributed by atoms with van der Waals surface area (Å²) in [6.45, 7) is 3.21. The van der Waals surface area contributed by atoms with E-state index in [0.717, 1.165) is 18.4 Å². The summed E-state index contributed by atoms with van der Waals surface area (Å²) in [6.07, 6.45) is 3.37. The van der Waals surface area contributed by atoms with Crippen molar-refractivity contribution < 1.29 is 14.2 Å². The molecule has 2 N–H and O–H groups in total. The molecule has 1 aromatic rings. The van der Waals surface area contributed by atoms with Crippen LogP contribution in [-0.2, 0) is 11.2 Å². The largest absolute Gasteiger partial charge is 0.488 e. The number of nitrogens with zero attached hydrogens (tertiary/aromatic N) is 1. The van der Waals surface area contributed by atoms with Crippen molar-refractivity contribution in [3.8, 4) is 11.6 Å². The van der Waals surface area contributed by atoms with Gasteiger partial charge in [-0.3, -0.25) is 0 Å². The molecule has 1 heterocycles. The van der Waals surface area contributed by atoms with Gasteiger partial charge < -0.3 is 19.9 Å². The van der Waals surface area contributed by atoms with E-state index in [-0.39, 0.29) is 6.04 Å². The van der Waals surface area contributed by atoms with Crippen LogP contribution in [0.5, 0.6) is 11.6 Å². The van der Waals surface area contributed by atoms with Crippen LogP contribution in [0.4, 0.5) is 0 Å². The van der Waals surface area contributed by atoms with Gasteiger partial charge in [0.2, 0.25) is 0 Å². The van der Waals surface area contributed by atoms with Crippen LogP contribution in [0.15, 0.2) is 12.3 Å². The Hall–Kier alpha value is -1.33. The number of ether oxygens (including phenoxy) is 3. The molecule has 0 spiro atoms. The van der Waals surface area contributed by atoms with E-state index in [0.29, 0.717) is 24.8 Å². The van der Waals surface area contributed by atoms with Gasteiger partial charge in [0.1, 0.15) is 0 Å². The summed E-state index contributed by atoms with van der Waals surface area (Å²) in [7, 11) is 3.25. The van der Waals surface area contributed by atoms with E-state index in [4.69, 9.17) is 19.9 Å². The molecular formula is C13H22N2O3. The molecule has 1 atom stereocenters. The quantitative estimate of drug-likeness (QED) is 0.710. The van der Waals surface area contributed by atoms with Crippen LogP contribution in [0, 0.1) is 0 Å². The highest BCUT2D eigenvalue weighted by Crippen LogP contribution is 2.25. The third kappa shape index (κ3) is 4.89. The predicted octanol–water partition coefficient (Wildman–Crippen LogP) is 1.40. The van der Waals surface area contributed by atoms with Gasteiger partial charge in [0, 0.05) is 32.4 Å². The molecule has 1 rings (SSSR count). The topological polar surface area (TPSA) is 66.6 Å². The Bertz CT molecular complexity index is 356. The first kappa shape index (κ1) is 14.7. The predicted molar refractivity (Wildman–Crippen MR) is 70.1 cm³/mol. The molecule has 0 aliphatic heterocycles. The van der Waals surface area contributed by atoms with Gasteiger partial charge in [-0.25, -0.2) is 4.98 Å². The van der Waals surface area contributed by atoms with E-state index in [9.17, 15) is 0 Å². The number of nitrogens with two attached hydrogens (primary N) is 1. The van der Waals surface area contributed by atoms with Gasteiger partial charge in [-0.05, 0) is 25.0 Å². The lowest BCUT2D eigenvalue weighted by Crippen LogP contribution is -2.18. The minimum atomic E-state index is 0.0986. The van der Waals surface area contributed by atoms with Crippen LogP contribution in [0.3, 0.4) is 0 Å². The highest BCUT2D eigenvalue weighted by molar-refractivity contribution is 5.36. The number of pyridine rings is 1. The smallest absolute Gasteiger partial charge is 0.256 e. The summed E-state index contributed by atoms with van der Waals surface area (Å²) in [5.41, 5.74) is 6.82. The van der Waals surface area contributed by atoms with Crippen LogP contribution in [0.2, 0.25) is 0 Å². The van der Waals surface area contributed by atoms with Crippen LogP contribution < -0.4 is 15.2 Å². The van der Waals surface area contributed by atoms with Crippen molar-refractivity contribution in [1.82, 2.24) is 4.98 Å². The summed E-state index contributed by atoms with van der Waals surface area (Å²) >= 11 is 0. The van der Waals surface area contributed by atoms with Gasteiger partial charge in [0.15, 0.2) is 5.75 Å². The Morgan fingerprint density at radius 2 is 2.11 bits per heavy atom. The average Bonchev–Trinajstić information content (AvgIpc) is 2.34. The summed E-state index contributed by atoms with van der Waals surface area (Å²) in [5, 5.41) is 0. The van der Waals surface area contributed by atoms with Crippen molar-refractivity contribution >= 4 is 0 Å². The summed E-state index contributed by atoms with van der Waals surface area (Å²) in [4.78, 5) is 4.22. The molecule has 1 aromatic heterocycles. The summed E-state index contributed by atoms with van der Waals surface area (Å²) < 4.78 is 15.8. The lowest BCUT2D eigenvalue weighted by atomic mass is 10.1. The van der Waals surface area contributed by atoms with Gasteiger partial charge >= 0.3 is 0 Å². The summed E-state index contributed by atoms with van der Waals surface area (Å²) in [5.74, 6) is 1.16. The molecule has 0 aliphatic rings. The number of hydrogen-bond donors (Lipinski definition) is 1. The van der Waals surface area contributed by atoms with Gasteiger partial charge in [-0.15, -0.1) is 0 Å². The monoisotopic (exact) mass is 254 g/mol. The van der Waals surface area contributed by atoms with E-state index in [1.165, 1.54) is 0 Å². The molecule has 5 nitrogen and oxygen atoms in total. The van der Waals surface area contributed by atoms with Crippen LogP contribution >= 0.6 is 0 Å². The molecule has 0 fully saturated rings. The zero-order valence-electron chi connectivity index (χ0n) is 11.3. The fourth-order valence-electron chi connectivity index (χ4n) is 1.60.